The summed E-state index contributed by atoms with van der Waals surface area (Å²) in [6.45, 7) is 0.565. The third-order valence-electron chi connectivity index (χ3n) is 5.65. The van der Waals surface area contributed by atoms with Gasteiger partial charge in [0.1, 0.15) is 5.82 Å². The van der Waals surface area contributed by atoms with E-state index in [4.69, 9.17) is 17.3 Å². The maximum Gasteiger partial charge on any atom is 0.125 e. The largest absolute Gasteiger partial charge is 0.377 e. The number of nitrogens with one attached hydrogen (secondary N) is 1. The molecule has 116 valence electrons. The lowest BCUT2D eigenvalue weighted by atomic mass is 9.66. The lowest BCUT2D eigenvalue weighted by Crippen LogP contribution is -2.50. The van der Waals surface area contributed by atoms with Crippen LogP contribution in [0.25, 0.3) is 0 Å². The van der Waals surface area contributed by atoms with E-state index < -0.39 is 0 Å². The summed E-state index contributed by atoms with van der Waals surface area (Å²) in [7, 11) is 0. The molecule has 0 bridgehead atoms. The Morgan fingerprint density at radius 1 is 1.10 bits per heavy atom. The molecule has 1 spiro atoms. The van der Waals surface area contributed by atoms with Gasteiger partial charge in [-0.05, 0) is 62.1 Å². The molecule has 1 aromatic rings. The molecule has 0 saturated heterocycles. The third kappa shape index (κ3) is 3.04. The predicted octanol–water partition coefficient (Wildman–Crippen LogP) is 4.72. The van der Waals surface area contributed by atoms with Crippen LogP contribution in [-0.4, -0.2) is 12.1 Å². The average molecular weight is 311 g/mol. The molecule has 21 heavy (non-hydrogen) atoms. The van der Waals surface area contributed by atoms with Gasteiger partial charge in [0.2, 0.25) is 0 Å². The molecule has 0 aromatic heterocycles. The first-order chi connectivity index (χ1) is 10.1. The highest BCUT2D eigenvalue weighted by Gasteiger charge is 2.43. The smallest absolute Gasteiger partial charge is 0.125 e. The van der Waals surface area contributed by atoms with Crippen molar-refractivity contribution in [1.29, 1.82) is 0 Å². The topological polar surface area (TPSA) is 38.0 Å². The summed E-state index contributed by atoms with van der Waals surface area (Å²) in [6, 6.07) is 4.46. The van der Waals surface area contributed by atoms with Crippen LogP contribution in [0.1, 0.15) is 51.4 Å². The van der Waals surface area contributed by atoms with Crippen molar-refractivity contribution in [3.63, 3.8) is 0 Å². The molecular weight excluding hydrogens is 287 g/mol. The van der Waals surface area contributed by atoms with Crippen molar-refractivity contribution in [2.75, 3.05) is 11.9 Å². The minimum Gasteiger partial charge on any atom is -0.377 e. The second-order valence-electron chi connectivity index (χ2n) is 6.94. The summed E-state index contributed by atoms with van der Waals surface area (Å²) in [5.74, 6) is -0.267. The SMILES string of the molecule is NCC1(Nc2cc(F)ccc2Cl)CCC2(CCCC2)CC1. The average Bonchev–Trinajstić information content (AvgIpc) is 2.95. The standard InChI is InChI=1S/C17H24ClFN2/c18-14-4-3-13(19)11-15(14)21-17(12-20)9-7-16(8-10-17)5-1-2-6-16/h3-4,11,21H,1-2,5-10,12,20H2. The normalized spacial score (nSPS) is 23.4. The van der Waals surface area contributed by atoms with Crippen molar-refractivity contribution in [1.82, 2.24) is 0 Å². The van der Waals surface area contributed by atoms with Gasteiger partial charge in [0, 0.05) is 12.1 Å². The van der Waals surface area contributed by atoms with Crippen LogP contribution >= 0.6 is 11.6 Å². The van der Waals surface area contributed by atoms with E-state index in [1.807, 2.05) is 0 Å². The van der Waals surface area contributed by atoms with Crippen LogP contribution in [0.2, 0.25) is 5.02 Å². The van der Waals surface area contributed by atoms with Gasteiger partial charge in [-0.2, -0.15) is 0 Å². The van der Waals surface area contributed by atoms with Crippen molar-refractivity contribution in [3.8, 4) is 0 Å². The molecule has 2 nitrogen and oxygen atoms in total. The molecule has 2 saturated carbocycles. The zero-order valence-corrected chi connectivity index (χ0v) is 13.2. The highest BCUT2D eigenvalue weighted by Crippen LogP contribution is 2.51. The van der Waals surface area contributed by atoms with Crippen LogP contribution in [0.4, 0.5) is 10.1 Å². The van der Waals surface area contributed by atoms with E-state index in [0.29, 0.717) is 22.7 Å². The Morgan fingerprint density at radius 2 is 1.76 bits per heavy atom. The lowest BCUT2D eigenvalue weighted by molar-refractivity contribution is 0.148. The van der Waals surface area contributed by atoms with Crippen molar-refractivity contribution in [2.24, 2.45) is 11.1 Å². The van der Waals surface area contributed by atoms with E-state index in [-0.39, 0.29) is 11.4 Å². The van der Waals surface area contributed by atoms with Crippen LogP contribution in [0.15, 0.2) is 18.2 Å². The van der Waals surface area contributed by atoms with Gasteiger partial charge >= 0.3 is 0 Å². The number of nitrogens with two attached hydrogens (primary N) is 1. The third-order valence-corrected chi connectivity index (χ3v) is 5.98. The molecule has 1 aromatic carbocycles. The zero-order chi connectivity index (χ0) is 14.9. The fraction of sp³-hybridized carbons (Fsp3) is 0.647. The van der Waals surface area contributed by atoms with E-state index in [2.05, 4.69) is 5.32 Å². The van der Waals surface area contributed by atoms with Gasteiger partial charge < -0.3 is 11.1 Å². The van der Waals surface area contributed by atoms with Crippen LogP contribution < -0.4 is 11.1 Å². The summed E-state index contributed by atoms with van der Waals surface area (Å²) < 4.78 is 13.4. The minimum atomic E-state index is -0.267. The van der Waals surface area contributed by atoms with Gasteiger partial charge in [0.15, 0.2) is 0 Å². The second-order valence-corrected chi connectivity index (χ2v) is 7.35. The van der Waals surface area contributed by atoms with Gasteiger partial charge in [0.05, 0.1) is 10.7 Å². The van der Waals surface area contributed by atoms with E-state index in [1.54, 1.807) is 6.07 Å². The first-order valence-corrected chi connectivity index (χ1v) is 8.38. The van der Waals surface area contributed by atoms with Gasteiger partial charge in [-0.25, -0.2) is 4.39 Å². The molecule has 0 amide bonds. The fourth-order valence-corrected chi connectivity index (χ4v) is 4.31. The second kappa shape index (κ2) is 5.77. The Hall–Kier alpha value is -0.800. The number of hydrogen-bond acceptors (Lipinski definition) is 2. The lowest BCUT2D eigenvalue weighted by Gasteiger charge is -2.45. The van der Waals surface area contributed by atoms with E-state index >= 15 is 0 Å². The number of hydrogen-bond donors (Lipinski definition) is 2. The molecular formula is C17H24ClFN2. The molecule has 0 atom stereocenters. The Kier molecular flexibility index (Phi) is 4.15. The fourth-order valence-electron chi connectivity index (χ4n) is 4.14. The number of anilines is 1. The molecule has 0 aliphatic heterocycles. The summed E-state index contributed by atoms with van der Waals surface area (Å²) in [5, 5.41) is 4.02. The van der Waals surface area contributed by atoms with Gasteiger partial charge in [-0.15, -0.1) is 0 Å². The van der Waals surface area contributed by atoms with Gasteiger partial charge in [-0.1, -0.05) is 24.4 Å². The molecule has 0 radical (unpaired) electrons. The van der Waals surface area contributed by atoms with Gasteiger partial charge in [0.25, 0.3) is 0 Å². The number of rotatable bonds is 3. The monoisotopic (exact) mass is 310 g/mol. The Labute approximate surface area is 131 Å². The zero-order valence-electron chi connectivity index (χ0n) is 12.4. The highest BCUT2D eigenvalue weighted by atomic mass is 35.5. The maximum absolute atomic E-state index is 13.4. The predicted molar refractivity (Wildman–Crippen MR) is 86.2 cm³/mol. The molecule has 2 aliphatic carbocycles. The molecule has 0 heterocycles. The van der Waals surface area contributed by atoms with E-state index in [9.17, 15) is 4.39 Å². The van der Waals surface area contributed by atoms with Crippen LogP contribution in [-0.2, 0) is 0 Å². The van der Waals surface area contributed by atoms with Crippen LogP contribution in [0.5, 0.6) is 0 Å². The minimum absolute atomic E-state index is 0.134. The molecule has 2 aliphatic rings. The molecule has 3 N–H and O–H groups in total. The summed E-state index contributed by atoms with van der Waals surface area (Å²) in [6.07, 6.45) is 10.0. The molecule has 2 fully saturated rings. The number of benzene rings is 1. The van der Waals surface area contributed by atoms with E-state index in [0.717, 1.165) is 12.8 Å². The van der Waals surface area contributed by atoms with Crippen molar-refractivity contribution in [3.05, 3.63) is 29.0 Å². The van der Waals surface area contributed by atoms with Crippen molar-refractivity contribution < 1.29 is 4.39 Å². The first kappa shape index (κ1) is 15.1. The Balaban J connectivity index is 1.74. The summed E-state index contributed by atoms with van der Waals surface area (Å²) in [4.78, 5) is 0. The summed E-state index contributed by atoms with van der Waals surface area (Å²) in [5.41, 5.74) is 7.16. The Morgan fingerprint density at radius 3 is 2.38 bits per heavy atom. The number of halogens is 2. The van der Waals surface area contributed by atoms with Crippen molar-refractivity contribution >= 4 is 17.3 Å². The first-order valence-electron chi connectivity index (χ1n) is 8.00. The summed E-state index contributed by atoms with van der Waals surface area (Å²) >= 11 is 6.19. The van der Waals surface area contributed by atoms with Crippen molar-refractivity contribution in [2.45, 2.75) is 56.9 Å². The van der Waals surface area contributed by atoms with Crippen LogP contribution in [0.3, 0.4) is 0 Å². The molecule has 3 rings (SSSR count). The van der Waals surface area contributed by atoms with E-state index in [1.165, 1.54) is 50.7 Å². The maximum atomic E-state index is 13.4. The van der Waals surface area contributed by atoms with Gasteiger partial charge in [-0.3, -0.25) is 0 Å². The highest BCUT2D eigenvalue weighted by molar-refractivity contribution is 6.33. The molecule has 4 heteroatoms. The quantitative estimate of drug-likeness (QED) is 0.847. The molecule has 0 unspecified atom stereocenters. The van der Waals surface area contributed by atoms with Crippen LogP contribution in [0, 0.1) is 11.2 Å². The Bertz CT molecular complexity index is 502.